The van der Waals surface area contributed by atoms with Crippen LogP contribution in [0, 0.1) is 17.0 Å². The fourth-order valence-corrected chi connectivity index (χ4v) is 2.22. The molecule has 0 aliphatic rings. The number of carbonyl (C=O) groups is 1. The maximum atomic E-state index is 11.1. The number of Topliss-reactive ketones (excluding diaryl/α,β-unsaturated/α-hetero) is 1. The van der Waals surface area contributed by atoms with Gasteiger partial charge in [0.15, 0.2) is 5.75 Å². The molecular formula is C13H16BrNO4. The normalized spacial score (nSPS) is 10.3. The second-order valence-electron chi connectivity index (χ2n) is 4.17. The standard InChI is InChI=1S/C13H16BrNO4/c1-3-11(16)5-4-6-19-13-9(2)7-10(14)8-12(13)15(17)18/h7-8H,3-6H2,1-2H3. The van der Waals surface area contributed by atoms with Crippen molar-refractivity contribution in [3.8, 4) is 5.75 Å². The Morgan fingerprint density at radius 1 is 1.47 bits per heavy atom. The molecule has 0 bridgehead atoms. The highest BCUT2D eigenvalue weighted by atomic mass is 79.9. The number of carbonyl (C=O) groups excluding carboxylic acids is 1. The van der Waals surface area contributed by atoms with E-state index in [4.69, 9.17) is 4.74 Å². The molecule has 0 amide bonds. The average Bonchev–Trinajstić information content (AvgIpc) is 2.35. The smallest absolute Gasteiger partial charge is 0.312 e. The fourth-order valence-electron chi connectivity index (χ4n) is 1.66. The molecule has 0 saturated carbocycles. The van der Waals surface area contributed by atoms with E-state index in [9.17, 15) is 14.9 Å². The van der Waals surface area contributed by atoms with Crippen molar-refractivity contribution in [3.05, 3.63) is 32.3 Å². The third-order valence-electron chi connectivity index (χ3n) is 2.66. The first-order valence-electron chi connectivity index (χ1n) is 6.04. The molecule has 0 spiro atoms. The van der Waals surface area contributed by atoms with E-state index in [1.54, 1.807) is 13.0 Å². The van der Waals surface area contributed by atoms with Crippen molar-refractivity contribution in [3.63, 3.8) is 0 Å². The van der Waals surface area contributed by atoms with Gasteiger partial charge in [-0.25, -0.2) is 0 Å². The summed E-state index contributed by atoms with van der Waals surface area (Å²) in [6.07, 6.45) is 1.52. The maximum absolute atomic E-state index is 11.1. The quantitative estimate of drug-likeness (QED) is 0.433. The maximum Gasteiger partial charge on any atom is 0.312 e. The van der Waals surface area contributed by atoms with E-state index in [1.165, 1.54) is 6.07 Å². The number of halogens is 1. The van der Waals surface area contributed by atoms with Crippen LogP contribution in [0.15, 0.2) is 16.6 Å². The lowest BCUT2D eigenvalue weighted by atomic mass is 10.2. The molecule has 0 N–H and O–H groups in total. The van der Waals surface area contributed by atoms with E-state index < -0.39 is 4.92 Å². The van der Waals surface area contributed by atoms with Crippen LogP contribution in [-0.4, -0.2) is 17.3 Å². The van der Waals surface area contributed by atoms with Gasteiger partial charge in [0, 0.05) is 23.4 Å². The summed E-state index contributed by atoms with van der Waals surface area (Å²) in [5.74, 6) is 0.447. The van der Waals surface area contributed by atoms with Gasteiger partial charge in [-0.3, -0.25) is 14.9 Å². The Kier molecular flexibility index (Phi) is 5.95. The Balaban J connectivity index is 2.72. The lowest BCUT2D eigenvalue weighted by molar-refractivity contribution is -0.386. The molecular weight excluding hydrogens is 314 g/mol. The molecule has 1 aromatic rings. The number of ketones is 1. The van der Waals surface area contributed by atoms with Gasteiger partial charge >= 0.3 is 5.69 Å². The lowest BCUT2D eigenvalue weighted by Crippen LogP contribution is -2.05. The van der Waals surface area contributed by atoms with E-state index >= 15 is 0 Å². The molecule has 0 unspecified atom stereocenters. The van der Waals surface area contributed by atoms with Crippen LogP contribution in [0.25, 0.3) is 0 Å². The minimum Gasteiger partial charge on any atom is -0.487 e. The molecule has 104 valence electrons. The summed E-state index contributed by atoms with van der Waals surface area (Å²) in [6, 6.07) is 3.18. The zero-order chi connectivity index (χ0) is 14.4. The van der Waals surface area contributed by atoms with Crippen LogP contribution < -0.4 is 4.74 Å². The van der Waals surface area contributed by atoms with Crippen LogP contribution >= 0.6 is 15.9 Å². The fraction of sp³-hybridized carbons (Fsp3) is 0.462. The number of rotatable bonds is 7. The number of hydrogen-bond donors (Lipinski definition) is 0. The van der Waals surface area contributed by atoms with Gasteiger partial charge in [-0.05, 0) is 25.0 Å². The van der Waals surface area contributed by atoms with Crippen molar-refractivity contribution in [2.24, 2.45) is 0 Å². The van der Waals surface area contributed by atoms with Crippen molar-refractivity contribution in [2.75, 3.05) is 6.61 Å². The molecule has 19 heavy (non-hydrogen) atoms. The lowest BCUT2D eigenvalue weighted by Gasteiger charge is -2.09. The number of benzene rings is 1. The summed E-state index contributed by atoms with van der Waals surface area (Å²) in [5.41, 5.74) is 0.636. The molecule has 0 radical (unpaired) electrons. The second kappa shape index (κ2) is 7.23. The number of nitro groups is 1. The molecule has 1 aromatic carbocycles. The highest BCUT2D eigenvalue weighted by Crippen LogP contribution is 2.34. The first-order chi connectivity index (χ1) is 8.95. The first-order valence-corrected chi connectivity index (χ1v) is 6.84. The van der Waals surface area contributed by atoms with Crippen molar-refractivity contribution >= 4 is 27.4 Å². The minimum atomic E-state index is -0.468. The monoisotopic (exact) mass is 329 g/mol. The number of ether oxygens (including phenoxy) is 1. The van der Waals surface area contributed by atoms with Gasteiger partial charge in [0.2, 0.25) is 0 Å². The molecule has 1 rings (SSSR count). The van der Waals surface area contributed by atoms with E-state index in [1.807, 2.05) is 6.92 Å². The second-order valence-corrected chi connectivity index (χ2v) is 5.09. The average molecular weight is 330 g/mol. The summed E-state index contributed by atoms with van der Waals surface area (Å²) < 4.78 is 6.11. The van der Waals surface area contributed by atoms with Gasteiger partial charge in [-0.15, -0.1) is 0 Å². The van der Waals surface area contributed by atoms with Gasteiger partial charge in [0.1, 0.15) is 5.78 Å². The number of nitrogens with zero attached hydrogens (tertiary/aromatic N) is 1. The molecule has 0 aromatic heterocycles. The number of aryl methyl sites for hydroxylation is 1. The highest BCUT2D eigenvalue weighted by Gasteiger charge is 2.18. The van der Waals surface area contributed by atoms with Gasteiger partial charge < -0.3 is 4.74 Å². The van der Waals surface area contributed by atoms with Crippen LogP contribution in [0.4, 0.5) is 5.69 Å². The predicted octanol–water partition coefficient (Wildman–Crippen LogP) is 3.80. The Hall–Kier alpha value is -1.43. The van der Waals surface area contributed by atoms with E-state index in [0.717, 1.165) is 0 Å². The van der Waals surface area contributed by atoms with Crippen LogP contribution in [0.1, 0.15) is 31.7 Å². The molecule has 0 saturated heterocycles. The summed E-state index contributed by atoms with van der Waals surface area (Å²) >= 11 is 3.22. The van der Waals surface area contributed by atoms with Crippen LogP contribution in [0.5, 0.6) is 5.75 Å². The van der Waals surface area contributed by atoms with Crippen LogP contribution in [0.3, 0.4) is 0 Å². The summed E-state index contributed by atoms with van der Waals surface area (Å²) in [6.45, 7) is 3.87. The minimum absolute atomic E-state index is 0.0614. The predicted molar refractivity (Wildman–Crippen MR) is 75.6 cm³/mol. The Bertz CT molecular complexity index is 488. The van der Waals surface area contributed by atoms with Gasteiger partial charge in [0.05, 0.1) is 11.5 Å². The third-order valence-corrected chi connectivity index (χ3v) is 3.12. The van der Waals surface area contributed by atoms with Gasteiger partial charge in [-0.2, -0.15) is 0 Å². The molecule has 0 fully saturated rings. The summed E-state index contributed by atoms with van der Waals surface area (Å²) in [7, 11) is 0. The van der Waals surface area contributed by atoms with E-state index in [0.29, 0.717) is 35.9 Å². The van der Waals surface area contributed by atoms with Crippen molar-refractivity contribution in [1.82, 2.24) is 0 Å². The van der Waals surface area contributed by atoms with Gasteiger partial charge in [0.25, 0.3) is 0 Å². The van der Waals surface area contributed by atoms with Crippen molar-refractivity contribution in [1.29, 1.82) is 0 Å². The molecule has 6 heteroatoms. The first kappa shape index (κ1) is 15.6. The number of hydrogen-bond acceptors (Lipinski definition) is 4. The SMILES string of the molecule is CCC(=O)CCCOc1c(C)cc(Br)cc1[N+](=O)[O-]. The zero-order valence-corrected chi connectivity index (χ0v) is 12.5. The van der Waals surface area contributed by atoms with E-state index in [-0.39, 0.29) is 17.2 Å². The largest absolute Gasteiger partial charge is 0.487 e. The van der Waals surface area contributed by atoms with Crippen molar-refractivity contribution in [2.45, 2.75) is 33.1 Å². The zero-order valence-electron chi connectivity index (χ0n) is 10.9. The topological polar surface area (TPSA) is 69.4 Å². The molecule has 0 aliphatic heterocycles. The molecule has 0 heterocycles. The van der Waals surface area contributed by atoms with Gasteiger partial charge in [-0.1, -0.05) is 22.9 Å². The number of nitro benzene ring substituents is 1. The van der Waals surface area contributed by atoms with Crippen LogP contribution in [-0.2, 0) is 4.79 Å². The van der Waals surface area contributed by atoms with E-state index in [2.05, 4.69) is 15.9 Å². The highest BCUT2D eigenvalue weighted by molar-refractivity contribution is 9.10. The Morgan fingerprint density at radius 2 is 2.16 bits per heavy atom. The Labute approximate surface area is 120 Å². The Morgan fingerprint density at radius 3 is 2.74 bits per heavy atom. The molecule has 0 aliphatic carbocycles. The third kappa shape index (κ3) is 4.63. The molecule has 0 atom stereocenters. The van der Waals surface area contributed by atoms with Crippen molar-refractivity contribution < 1.29 is 14.5 Å². The van der Waals surface area contributed by atoms with Crippen LogP contribution in [0.2, 0.25) is 0 Å². The summed E-state index contributed by atoms with van der Waals surface area (Å²) in [5, 5.41) is 11.0. The molecule has 5 nitrogen and oxygen atoms in total. The summed E-state index contributed by atoms with van der Waals surface area (Å²) in [4.78, 5) is 21.6.